The van der Waals surface area contributed by atoms with E-state index in [1.54, 1.807) is 100 Å². The summed E-state index contributed by atoms with van der Waals surface area (Å²) in [6.45, 7) is 27.6. The first-order chi connectivity index (χ1) is 69.4. The predicted octanol–water partition coefficient (Wildman–Crippen LogP) is 24.1. The Hall–Kier alpha value is -14.1. The Balaban J connectivity index is 0.000000139. The fourth-order valence-electron chi connectivity index (χ4n) is 19.3. The zero-order chi connectivity index (χ0) is 103. The van der Waals surface area contributed by atoms with Gasteiger partial charge in [0.15, 0.2) is 55.6 Å². The number of methoxy groups -OCH3 is 2. The van der Waals surface area contributed by atoms with Gasteiger partial charge in [0.25, 0.3) is 23.6 Å². The third kappa shape index (κ3) is 23.8. The van der Waals surface area contributed by atoms with Crippen molar-refractivity contribution in [3.05, 3.63) is 362 Å². The van der Waals surface area contributed by atoms with Gasteiger partial charge in [0.1, 0.15) is 65.7 Å². The van der Waals surface area contributed by atoms with Crippen LogP contribution in [0, 0.1) is 41.0 Å². The van der Waals surface area contributed by atoms with Crippen molar-refractivity contribution in [2.24, 2.45) is 10.8 Å². The molecule has 7 atom stereocenters. The molecule has 29 heteroatoms. The first-order valence-electron chi connectivity index (χ1n) is 48.1. The summed E-state index contributed by atoms with van der Waals surface area (Å²) in [4.78, 5) is 52.3. The van der Waals surface area contributed by atoms with Gasteiger partial charge in [0, 0.05) is 46.7 Å². The number of aromatic nitrogens is 2. The van der Waals surface area contributed by atoms with Crippen LogP contribution in [0.15, 0.2) is 261 Å². The lowest BCUT2D eigenvalue weighted by Crippen LogP contribution is -2.19. The molecule has 6 aliphatic rings. The van der Waals surface area contributed by atoms with E-state index in [1.165, 1.54) is 86.0 Å². The highest BCUT2D eigenvalue weighted by Crippen LogP contribution is 2.53. The first-order valence-corrected chi connectivity index (χ1v) is 52.7. The molecule has 0 bridgehead atoms. The summed E-state index contributed by atoms with van der Waals surface area (Å²) in [5, 5.41) is 3.41. The van der Waals surface area contributed by atoms with Gasteiger partial charge >= 0.3 is 6.01 Å². The van der Waals surface area contributed by atoms with E-state index in [4.69, 9.17) is 28.4 Å². The normalized spacial score (nSPS) is 17.8. The second kappa shape index (κ2) is 44.6. The Kier molecular flexibility index (Phi) is 31.9. The van der Waals surface area contributed by atoms with Gasteiger partial charge < -0.3 is 33.7 Å². The molecule has 4 amide bonds. The molecule has 0 radical (unpaired) electrons. The van der Waals surface area contributed by atoms with Crippen LogP contribution in [0.25, 0.3) is 69.7 Å². The molecule has 0 spiro atoms. The number of hydrogen-bond acceptors (Lipinski definition) is 16. The van der Waals surface area contributed by atoms with Gasteiger partial charge in [-0.25, -0.2) is 34.4 Å². The van der Waals surface area contributed by atoms with Crippen molar-refractivity contribution in [3.8, 4) is 73.8 Å². The van der Waals surface area contributed by atoms with Gasteiger partial charge in [-0.15, -0.1) is 0 Å². The minimum atomic E-state index is -1.56. The van der Waals surface area contributed by atoms with E-state index < -0.39 is 55.6 Å². The quantitative estimate of drug-likeness (QED) is 0.0299. The Morgan fingerprint density at radius 2 is 1.01 bits per heavy atom. The summed E-state index contributed by atoms with van der Waals surface area (Å²) < 4.78 is 153. The van der Waals surface area contributed by atoms with E-state index >= 15 is 4.39 Å². The molecule has 0 saturated heterocycles. The van der Waals surface area contributed by atoms with Crippen molar-refractivity contribution in [2.45, 2.75) is 165 Å². The number of nitrogens with one attached hydrogen (secondary N) is 5. The van der Waals surface area contributed by atoms with Gasteiger partial charge in [0.2, 0.25) is 0 Å². The number of imidazole rings is 1. The molecule has 750 valence electrons. The Bertz CT molecular complexity index is 7240. The summed E-state index contributed by atoms with van der Waals surface area (Å²) in [5.74, 6) is -0.288. The lowest BCUT2D eigenvalue weighted by molar-refractivity contribution is -0.115. The Labute approximate surface area is 852 Å². The molecule has 1 aliphatic carbocycles. The van der Waals surface area contributed by atoms with Crippen LogP contribution in [-0.4, -0.2) is 77.4 Å². The van der Waals surface area contributed by atoms with Crippen LogP contribution in [0.1, 0.15) is 198 Å². The maximum absolute atomic E-state index is 15.0. The van der Waals surface area contributed by atoms with Crippen molar-refractivity contribution in [2.75, 3.05) is 32.8 Å². The molecular weight excluding hydrogens is 1920 g/mol. The second-order valence-corrected chi connectivity index (χ2v) is 43.6. The minimum Gasteiger partial charge on any atom is -0.497 e. The van der Waals surface area contributed by atoms with Crippen LogP contribution in [0.2, 0.25) is 0 Å². The molecule has 21 nitrogen and oxygen atoms in total. The highest BCUT2D eigenvalue weighted by molar-refractivity contribution is 7.94. The largest absolute Gasteiger partial charge is 0.497 e. The van der Waals surface area contributed by atoms with E-state index in [2.05, 4.69) is 160 Å². The topological polar surface area (TPSA) is 270 Å². The number of carbonyl (C=O) groups excluding carboxylic acids is 4. The molecule has 6 heterocycles. The summed E-state index contributed by atoms with van der Waals surface area (Å²) in [7, 11) is -2.98. The Morgan fingerprint density at radius 3 is 1.57 bits per heavy atom. The average molecular weight is 2040 g/mol. The van der Waals surface area contributed by atoms with Gasteiger partial charge in [-0.05, 0) is 272 Å². The van der Waals surface area contributed by atoms with Crippen LogP contribution in [0.3, 0.4) is 0 Å². The number of nitrogens with zero attached hydrogens (tertiary/aromatic N) is 2. The van der Waals surface area contributed by atoms with E-state index in [0.29, 0.717) is 107 Å². The van der Waals surface area contributed by atoms with Gasteiger partial charge in [0.05, 0.1) is 57.7 Å². The van der Waals surface area contributed by atoms with Gasteiger partial charge in [-0.3, -0.25) is 42.6 Å². The predicted molar refractivity (Wildman–Crippen MR) is 567 cm³/mol. The zero-order valence-corrected chi connectivity index (χ0v) is 86.4. The van der Waals surface area contributed by atoms with Crippen LogP contribution in [0.4, 0.5) is 23.2 Å². The van der Waals surface area contributed by atoms with E-state index in [9.17, 15) is 49.2 Å². The molecule has 12 aromatic carbocycles. The first kappa shape index (κ1) is 104. The third-order valence-corrected chi connectivity index (χ3v) is 31.2. The molecular formula is C116H115F4N7O14S4. The number of carbonyl (C=O) groups is 4. The van der Waals surface area contributed by atoms with Crippen LogP contribution in [0.5, 0.6) is 34.8 Å². The maximum atomic E-state index is 15.0. The molecule has 1 aromatic heterocycles. The highest BCUT2D eigenvalue weighted by atomic mass is 32.2. The lowest BCUT2D eigenvalue weighted by atomic mass is 9.72. The van der Waals surface area contributed by atoms with E-state index in [-0.39, 0.29) is 87.8 Å². The smallest absolute Gasteiger partial charge is 0.302 e. The minimum absolute atomic E-state index is 0.0287. The number of para-hydroxylation sites is 1. The molecule has 1 saturated carbocycles. The number of hydrogen-bond donors (Lipinski definition) is 5. The standard InChI is InChI=1S/C33H39NO2S.C30H30FNO4S.C27H26FNO4S.C26H20F2N4O4S/c1-7-23-13-12-22(3)28(19-23)27-17-16-25(20-29(27)30(8-2)33(4,5)6)15-14-24-10-9-11-26(18-24)31-21-32(35)34-37(31)36;1-30(2)13-5-8-26(30)24-14-19(9-11-23(24)25-16-21(35-3)10-12-27(25)31)18-36-22-7-4-6-20(15-22)28-17-29(33)32-37(28)34;1-27(2,3)23-11-5-17(13-21(23)22-14-20(32-4)10-12-24(22)28)16-33-19-8-6-18(7-9-19)25-15-26(30)29-34(25)31;1-2-35-26-30-18-11-10-17(27)23(28)24(18)32(26)20-5-3-4-16-19(13-36-25(16)20)29-15-8-6-14(7-9-15)21-12-22(33)31-37(21)34/h9-13,16-21,30H,7-8,14-15H2,1-6H3,(H,34,35);4,6-7,9-12,14-17,26H,5,8,13,18H2,1-3H3,(H,32,33);5-15H,16H2,1-4H3,(H,29,30);3-12,19,29H,2,13H2,1H3,(H,31,33)/t30-,37?;26-,37?;;19-,37?/m10.1/s1. The maximum Gasteiger partial charge on any atom is 0.302 e. The number of benzene rings is 12. The number of anilines is 1. The van der Waals surface area contributed by atoms with Crippen molar-refractivity contribution in [1.82, 2.24) is 28.4 Å². The number of rotatable bonds is 27. The monoisotopic (exact) mass is 2030 g/mol. The van der Waals surface area contributed by atoms with E-state index in [0.717, 1.165) is 101 Å². The van der Waals surface area contributed by atoms with Gasteiger partial charge in [-0.1, -0.05) is 215 Å². The van der Waals surface area contributed by atoms with Crippen molar-refractivity contribution >= 4 is 104 Å². The molecule has 4 unspecified atom stereocenters. The van der Waals surface area contributed by atoms with Crippen molar-refractivity contribution < 1.29 is 82.0 Å². The molecule has 5 N–H and O–H groups in total. The van der Waals surface area contributed by atoms with Crippen LogP contribution < -0.4 is 52.6 Å². The van der Waals surface area contributed by atoms with Crippen molar-refractivity contribution in [3.63, 3.8) is 0 Å². The highest BCUT2D eigenvalue weighted by Gasteiger charge is 2.39. The summed E-state index contributed by atoms with van der Waals surface area (Å²) in [5.41, 5.74) is 21.4. The van der Waals surface area contributed by atoms with E-state index in [1.807, 2.05) is 78.9 Å². The number of ether oxygens (including phenoxy) is 6. The summed E-state index contributed by atoms with van der Waals surface area (Å²) in [6.07, 6.45) is 12.7. The van der Waals surface area contributed by atoms with Crippen LogP contribution in [-0.2, 0) is 101 Å². The molecule has 145 heavy (non-hydrogen) atoms. The summed E-state index contributed by atoms with van der Waals surface area (Å²) in [6, 6.07) is 73.0. The lowest BCUT2D eigenvalue weighted by Gasteiger charge is -2.32. The van der Waals surface area contributed by atoms with Crippen molar-refractivity contribution in [1.29, 1.82) is 0 Å². The SMILES string of the molecule is CCOc1nc2ccc(F)c(F)c2n1-c1cccc2c1OC[C@H]2Nc1ccc(C2=CC(=O)NS2=O)cc1.CCc1ccc(C)c(-c2ccc(CCc3cccc(C4=CC(=O)NS4=O)c3)cc2[C@@H](CC)C(C)(C)C)c1.COc1ccc(F)c(-c2cc(COc3ccc(C4=CC(=O)NS4=O)cc3)ccc2C(C)(C)C)c1.COc1ccc(F)c(-c2ccc(COc3cccc(C4=CC(=O)NS4=O)c3)cc2[C@@H]2CCCC2(C)C)c1. The molecule has 19 rings (SSSR count). The number of amides is 4. The number of halogens is 4. The number of fused-ring (bicyclic) bond motifs is 2. The molecule has 1 fully saturated rings. The molecule has 13 aromatic rings. The zero-order valence-electron chi connectivity index (χ0n) is 83.1. The Morgan fingerprint density at radius 1 is 0.490 bits per heavy atom. The average Bonchev–Trinajstić information content (AvgIpc) is 1.37. The second-order valence-electron chi connectivity index (χ2n) is 38.9. The fraction of sp³-hybridized carbons (Fsp3) is 0.267. The number of aryl methyl sites for hydroxylation is 4. The summed E-state index contributed by atoms with van der Waals surface area (Å²) >= 11 is 0. The van der Waals surface area contributed by atoms with Gasteiger partial charge in [-0.2, -0.15) is 4.98 Å². The third-order valence-electron chi connectivity index (χ3n) is 26.6. The fourth-order valence-corrected chi connectivity index (χ4v) is 22.9. The van der Waals surface area contributed by atoms with Crippen LogP contribution >= 0.6 is 0 Å². The molecule has 5 aliphatic heterocycles.